The van der Waals surface area contributed by atoms with Crippen molar-refractivity contribution < 1.29 is 14.4 Å². The molecular formula is C17H22Br2N2O3. The maximum Gasteiger partial charge on any atom is 0.245 e. The van der Waals surface area contributed by atoms with Gasteiger partial charge in [-0.15, -0.1) is 0 Å². The number of hydrogen-bond acceptors (Lipinski definition) is 3. The molecule has 4 aliphatic rings. The van der Waals surface area contributed by atoms with Crippen LogP contribution in [-0.2, 0) is 14.4 Å². The Hall–Kier alpha value is -0.430. The monoisotopic (exact) mass is 460 g/mol. The molecule has 0 aromatic carbocycles. The van der Waals surface area contributed by atoms with Crippen LogP contribution in [-0.4, -0.2) is 56.3 Å². The molecule has 0 radical (unpaired) electrons. The number of imide groups is 1. The van der Waals surface area contributed by atoms with Gasteiger partial charge >= 0.3 is 0 Å². The number of carbonyl (C=O) groups excluding carboxylic acids is 3. The number of carbonyl (C=O) groups is 3. The van der Waals surface area contributed by atoms with Crippen molar-refractivity contribution in [1.29, 1.82) is 0 Å². The molecule has 0 unspecified atom stereocenters. The molecule has 2 aliphatic heterocycles. The minimum atomic E-state index is -0.671. The van der Waals surface area contributed by atoms with Crippen molar-refractivity contribution in [2.75, 3.05) is 13.1 Å². The van der Waals surface area contributed by atoms with Crippen LogP contribution in [0, 0.1) is 23.7 Å². The van der Waals surface area contributed by atoms with Crippen molar-refractivity contribution in [3.05, 3.63) is 0 Å². The lowest BCUT2D eigenvalue weighted by Crippen LogP contribution is -2.51. The molecule has 3 amide bonds. The van der Waals surface area contributed by atoms with Gasteiger partial charge in [-0.25, -0.2) is 0 Å². The van der Waals surface area contributed by atoms with E-state index in [-0.39, 0.29) is 51.0 Å². The first-order chi connectivity index (χ1) is 11.4. The minimum absolute atomic E-state index is 0.0745. The van der Waals surface area contributed by atoms with Crippen molar-refractivity contribution in [3.63, 3.8) is 0 Å². The maximum absolute atomic E-state index is 13.0. The summed E-state index contributed by atoms with van der Waals surface area (Å²) in [5.74, 6) is -0.409. The molecule has 2 bridgehead atoms. The summed E-state index contributed by atoms with van der Waals surface area (Å²) in [6.07, 6.45) is 4.08. The summed E-state index contributed by atoms with van der Waals surface area (Å²) in [6, 6.07) is -0.671. The molecule has 24 heavy (non-hydrogen) atoms. The van der Waals surface area contributed by atoms with Crippen LogP contribution in [0.2, 0.25) is 0 Å². The predicted octanol–water partition coefficient (Wildman–Crippen LogP) is 2.17. The summed E-state index contributed by atoms with van der Waals surface area (Å²) in [5.41, 5.74) is 0. The number of hydrogen-bond donors (Lipinski definition) is 0. The van der Waals surface area contributed by atoms with Gasteiger partial charge in [0.05, 0.1) is 11.8 Å². The van der Waals surface area contributed by atoms with E-state index in [4.69, 9.17) is 0 Å². The zero-order chi connectivity index (χ0) is 17.2. The van der Waals surface area contributed by atoms with Gasteiger partial charge in [-0.05, 0) is 44.4 Å². The van der Waals surface area contributed by atoms with Gasteiger partial charge < -0.3 is 4.90 Å². The highest BCUT2D eigenvalue weighted by Gasteiger charge is 2.67. The van der Waals surface area contributed by atoms with E-state index in [1.807, 2.05) is 4.90 Å². The smallest absolute Gasteiger partial charge is 0.245 e. The van der Waals surface area contributed by atoms with Gasteiger partial charge in [0, 0.05) is 22.7 Å². The Morgan fingerprint density at radius 3 is 2.00 bits per heavy atom. The number of nitrogens with zero attached hydrogens (tertiary/aromatic N) is 2. The fraction of sp³-hybridized carbons (Fsp3) is 0.824. The van der Waals surface area contributed by atoms with E-state index in [1.165, 1.54) is 4.90 Å². The molecule has 2 saturated heterocycles. The molecule has 4 rings (SSSR count). The van der Waals surface area contributed by atoms with Crippen LogP contribution in [0.15, 0.2) is 0 Å². The molecule has 0 spiro atoms. The lowest BCUT2D eigenvalue weighted by molar-refractivity contribution is -0.152. The van der Waals surface area contributed by atoms with Crippen LogP contribution in [0.5, 0.6) is 0 Å². The Morgan fingerprint density at radius 1 is 1.00 bits per heavy atom. The third kappa shape index (κ3) is 2.26. The van der Waals surface area contributed by atoms with E-state index < -0.39 is 6.04 Å². The molecule has 0 aromatic rings. The van der Waals surface area contributed by atoms with Gasteiger partial charge in [-0.3, -0.25) is 19.3 Å². The van der Waals surface area contributed by atoms with Gasteiger partial charge in [0.25, 0.3) is 0 Å². The Balaban J connectivity index is 1.56. The van der Waals surface area contributed by atoms with Gasteiger partial charge in [-0.2, -0.15) is 0 Å². The summed E-state index contributed by atoms with van der Waals surface area (Å²) < 4.78 is 0. The van der Waals surface area contributed by atoms with Crippen LogP contribution in [0.3, 0.4) is 0 Å². The summed E-state index contributed by atoms with van der Waals surface area (Å²) in [7, 11) is 0. The lowest BCUT2D eigenvalue weighted by atomic mass is 9.81. The van der Waals surface area contributed by atoms with E-state index in [9.17, 15) is 14.4 Å². The second kappa shape index (κ2) is 6.08. The van der Waals surface area contributed by atoms with Gasteiger partial charge in [-0.1, -0.05) is 31.9 Å². The van der Waals surface area contributed by atoms with E-state index in [1.54, 1.807) is 6.92 Å². The zero-order valence-corrected chi connectivity index (χ0v) is 16.8. The summed E-state index contributed by atoms with van der Waals surface area (Å²) in [5, 5.41) is 0. The topological polar surface area (TPSA) is 57.7 Å². The largest absolute Gasteiger partial charge is 0.341 e. The third-order valence-corrected chi connectivity index (χ3v) is 9.64. The first-order valence-corrected chi connectivity index (χ1v) is 10.7. The molecule has 2 heterocycles. The molecule has 132 valence electrons. The normalized spacial score (nSPS) is 42.6. The first-order valence-electron chi connectivity index (χ1n) is 8.87. The zero-order valence-electron chi connectivity index (χ0n) is 13.7. The quantitative estimate of drug-likeness (QED) is 0.467. The predicted molar refractivity (Wildman–Crippen MR) is 95.8 cm³/mol. The van der Waals surface area contributed by atoms with Crippen molar-refractivity contribution in [1.82, 2.24) is 9.80 Å². The number of rotatable bonds is 2. The number of likely N-dealkylation sites (tertiary alicyclic amines) is 2. The molecule has 5 nitrogen and oxygen atoms in total. The number of fused-ring (bicyclic) bond motifs is 5. The molecule has 0 aromatic heterocycles. The average molecular weight is 462 g/mol. The standard InChI is InChI=1S/C17H22Br2N2O3/c1-8(15(22)20-5-3-2-4-6-20)21-16(23)11-9-7-10(12(11)17(21)24)14(19)13(9)18/h8-14H,2-7H2,1H3/t8-,9-,10-,11-,12+,13-,14+/m1/s1. The number of amides is 3. The third-order valence-electron chi connectivity index (χ3n) is 6.43. The second-order valence-electron chi connectivity index (χ2n) is 7.61. The summed E-state index contributed by atoms with van der Waals surface area (Å²) in [6.45, 7) is 3.20. The van der Waals surface area contributed by atoms with Crippen LogP contribution in [0.25, 0.3) is 0 Å². The fourth-order valence-electron chi connectivity index (χ4n) is 5.24. The van der Waals surface area contributed by atoms with Crippen LogP contribution in [0.1, 0.15) is 32.6 Å². The highest BCUT2D eigenvalue weighted by Crippen LogP contribution is 2.60. The number of halogens is 2. The van der Waals surface area contributed by atoms with Gasteiger partial charge in [0.1, 0.15) is 6.04 Å². The van der Waals surface area contributed by atoms with Crippen LogP contribution >= 0.6 is 31.9 Å². The molecule has 7 heteroatoms. The maximum atomic E-state index is 13.0. The molecule has 2 aliphatic carbocycles. The second-order valence-corrected chi connectivity index (χ2v) is 9.73. The van der Waals surface area contributed by atoms with E-state index in [0.29, 0.717) is 0 Å². The SMILES string of the molecule is C[C@H](C(=O)N1CCCCC1)N1C(=O)[C@@H]2[C@H]3C[C@@H]([C@H](Br)[C@@H]3Br)[C@@H]2C1=O. The van der Waals surface area contributed by atoms with Crippen LogP contribution in [0.4, 0.5) is 0 Å². The molecule has 7 atom stereocenters. The number of alkyl halides is 2. The molecule has 0 N–H and O–H groups in total. The lowest BCUT2D eigenvalue weighted by Gasteiger charge is -2.32. The van der Waals surface area contributed by atoms with Crippen molar-refractivity contribution in [2.45, 2.75) is 48.3 Å². The molecule has 4 fully saturated rings. The van der Waals surface area contributed by atoms with Crippen molar-refractivity contribution >= 4 is 49.6 Å². The Kier molecular flexibility index (Phi) is 4.31. The highest BCUT2D eigenvalue weighted by atomic mass is 79.9. The summed E-state index contributed by atoms with van der Waals surface area (Å²) >= 11 is 7.38. The van der Waals surface area contributed by atoms with Crippen molar-refractivity contribution in [2.24, 2.45) is 23.7 Å². The van der Waals surface area contributed by atoms with E-state index in [0.717, 1.165) is 38.8 Å². The Morgan fingerprint density at radius 2 is 1.50 bits per heavy atom. The Bertz CT molecular complexity index is 560. The van der Waals surface area contributed by atoms with Gasteiger partial charge in [0.2, 0.25) is 17.7 Å². The minimum Gasteiger partial charge on any atom is -0.341 e. The van der Waals surface area contributed by atoms with E-state index in [2.05, 4.69) is 31.9 Å². The highest BCUT2D eigenvalue weighted by molar-refractivity contribution is 9.12. The van der Waals surface area contributed by atoms with Gasteiger partial charge in [0.15, 0.2) is 0 Å². The fourth-order valence-corrected chi connectivity index (χ4v) is 7.12. The van der Waals surface area contributed by atoms with Crippen molar-refractivity contribution in [3.8, 4) is 0 Å². The molecule has 2 saturated carbocycles. The van der Waals surface area contributed by atoms with E-state index >= 15 is 0 Å². The summed E-state index contributed by atoms with van der Waals surface area (Å²) in [4.78, 5) is 42.3. The number of piperidine rings is 1. The molecular weight excluding hydrogens is 440 g/mol. The average Bonchev–Trinajstić information content (AvgIpc) is 3.19. The first kappa shape index (κ1) is 17.0. The Labute approximate surface area is 158 Å². The van der Waals surface area contributed by atoms with Crippen LogP contribution < -0.4 is 0 Å².